The van der Waals surface area contributed by atoms with Gasteiger partial charge in [0.05, 0.1) is 0 Å². The van der Waals surface area contributed by atoms with Crippen molar-refractivity contribution >= 4 is 5.91 Å². The summed E-state index contributed by atoms with van der Waals surface area (Å²) in [7, 11) is 1.98. The quantitative estimate of drug-likeness (QED) is 0.923. The Hall–Kier alpha value is -1.42. The molecular weight excluding hydrogens is 267 g/mol. The maximum atomic E-state index is 12.9. The van der Waals surface area contributed by atoms with Crippen molar-refractivity contribution in [2.75, 3.05) is 26.7 Å². The van der Waals surface area contributed by atoms with E-state index < -0.39 is 0 Å². The second kappa shape index (κ2) is 6.14. The summed E-state index contributed by atoms with van der Waals surface area (Å²) in [6.07, 6.45) is 3.11. The van der Waals surface area contributed by atoms with E-state index >= 15 is 0 Å². The van der Waals surface area contributed by atoms with Gasteiger partial charge in [-0.1, -0.05) is 12.1 Å². The van der Waals surface area contributed by atoms with Crippen LogP contribution in [0, 0.1) is 17.7 Å². The smallest absolute Gasteiger partial charge is 0.226 e. The number of piperidine rings is 1. The Bertz CT molecular complexity index is 494. The Balaban J connectivity index is 1.52. The summed E-state index contributed by atoms with van der Waals surface area (Å²) in [5.41, 5.74) is 1.10. The molecule has 114 valence electrons. The van der Waals surface area contributed by atoms with Crippen molar-refractivity contribution in [1.82, 2.24) is 10.2 Å². The van der Waals surface area contributed by atoms with Crippen molar-refractivity contribution in [1.29, 1.82) is 0 Å². The van der Waals surface area contributed by atoms with Crippen LogP contribution in [0.2, 0.25) is 0 Å². The molecule has 1 amide bonds. The van der Waals surface area contributed by atoms with E-state index in [0.29, 0.717) is 17.7 Å². The van der Waals surface area contributed by atoms with Gasteiger partial charge in [0.25, 0.3) is 0 Å². The second-order valence-electron chi connectivity index (χ2n) is 6.33. The molecule has 2 atom stereocenters. The molecule has 1 N–H and O–H groups in total. The molecule has 1 saturated carbocycles. The first-order valence-corrected chi connectivity index (χ1v) is 7.88. The Morgan fingerprint density at radius 2 is 1.95 bits per heavy atom. The molecule has 1 heterocycles. The van der Waals surface area contributed by atoms with Crippen LogP contribution in [0.25, 0.3) is 0 Å². The molecule has 1 saturated heterocycles. The predicted molar refractivity (Wildman–Crippen MR) is 80.5 cm³/mol. The molecular formula is C17H23FN2O. The zero-order chi connectivity index (χ0) is 14.8. The minimum atomic E-state index is -0.214. The number of rotatable bonds is 4. The van der Waals surface area contributed by atoms with Crippen molar-refractivity contribution in [3.8, 4) is 0 Å². The molecule has 2 unspecified atom stereocenters. The van der Waals surface area contributed by atoms with Crippen LogP contribution in [0.1, 0.15) is 30.7 Å². The highest BCUT2D eigenvalue weighted by Crippen LogP contribution is 2.48. The third-order valence-corrected chi connectivity index (χ3v) is 4.82. The number of halogens is 1. The van der Waals surface area contributed by atoms with Gasteiger partial charge in [0.2, 0.25) is 5.91 Å². The van der Waals surface area contributed by atoms with E-state index in [1.54, 1.807) is 0 Å². The first-order valence-electron chi connectivity index (χ1n) is 7.88. The SMILES string of the molecule is CNCC1CCN(C(=O)C2CC2c2ccc(F)cc2)CC1. The molecule has 4 heteroatoms. The summed E-state index contributed by atoms with van der Waals surface area (Å²) in [5, 5.41) is 3.22. The van der Waals surface area contributed by atoms with Gasteiger partial charge in [0.15, 0.2) is 0 Å². The number of amides is 1. The molecule has 2 aliphatic rings. The Kier molecular flexibility index (Phi) is 4.24. The van der Waals surface area contributed by atoms with Gasteiger partial charge in [-0.25, -0.2) is 4.39 Å². The van der Waals surface area contributed by atoms with E-state index in [4.69, 9.17) is 0 Å². The lowest BCUT2D eigenvalue weighted by Crippen LogP contribution is -2.41. The van der Waals surface area contributed by atoms with E-state index in [2.05, 4.69) is 5.32 Å². The number of nitrogens with zero attached hydrogens (tertiary/aromatic N) is 1. The average molecular weight is 290 g/mol. The second-order valence-corrected chi connectivity index (χ2v) is 6.33. The summed E-state index contributed by atoms with van der Waals surface area (Å²) < 4.78 is 12.9. The van der Waals surface area contributed by atoms with E-state index in [-0.39, 0.29) is 11.7 Å². The number of nitrogens with one attached hydrogen (secondary N) is 1. The fourth-order valence-corrected chi connectivity index (χ4v) is 3.43. The summed E-state index contributed by atoms with van der Waals surface area (Å²) in [6, 6.07) is 6.59. The zero-order valence-electron chi connectivity index (χ0n) is 12.5. The predicted octanol–water partition coefficient (Wildman–Crippen LogP) is 2.39. The van der Waals surface area contributed by atoms with Crippen molar-refractivity contribution in [3.63, 3.8) is 0 Å². The highest BCUT2D eigenvalue weighted by Gasteiger charge is 2.46. The van der Waals surface area contributed by atoms with Gasteiger partial charge in [-0.15, -0.1) is 0 Å². The van der Waals surface area contributed by atoms with Crippen molar-refractivity contribution in [2.45, 2.75) is 25.2 Å². The van der Waals surface area contributed by atoms with Crippen molar-refractivity contribution in [2.24, 2.45) is 11.8 Å². The van der Waals surface area contributed by atoms with Gasteiger partial charge in [-0.2, -0.15) is 0 Å². The average Bonchev–Trinajstić information content (AvgIpc) is 3.29. The molecule has 0 spiro atoms. The van der Waals surface area contributed by atoms with Crippen molar-refractivity contribution < 1.29 is 9.18 Å². The van der Waals surface area contributed by atoms with Crippen LogP contribution in [-0.2, 0) is 4.79 Å². The molecule has 0 bridgehead atoms. The first kappa shape index (κ1) is 14.5. The summed E-state index contributed by atoms with van der Waals surface area (Å²) in [5.74, 6) is 1.21. The number of carbonyl (C=O) groups is 1. The van der Waals surface area contributed by atoms with E-state index in [9.17, 15) is 9.18 Å². The highest BCUT2D eigenvalue weighted by molar-refractivity contribution is 5.83. The zero-order valence-corrected chi connectivity index (χ0v) is 12.5. The van der Waals surface area contributed by atoms with Gasteiger partial charge < -0.3 is 10.2 Å². The lowest BCUT2D eigenvalue weighted by atomic mass is 9.96. The normalized spacial score (nSPS) is 25.9. The monoisotopic (exact) mass is 290 g/mol. The summed E-state index contributed by atoms with van der Waals surface area (Å²) in [4.78, 5) is 14.5. The van der Waals surface area contributed by atoms with Crippen LogP contribution in [0.3, 0.4) is 0 Å². The molecule has 0 radical (unpaired) electrons. The highest BCUT2D eigenvalue weighted by atomic mass is 19.1. The largest absolute Gasteiger partial charge is 0.342 e. The number of hydrogen-bond acceptors (Lipinski definition) is 2. The van der Waals surface area contributed by atoms with E-state index in [1.807, 2.05) is 24.1 Å². The van der Waals surface area contributed by atoms with Crippen molar-refractivity contribution in [3.05, 3.63) is 35.6 Å². The Labute approximate surface area is 125 Å². The van der Waals surface area contributed by atoms with Gasteiger partial charge in [-0.3, -0.25) is 4.79 Å². The summed E-state index contributed by atoms with van der Waals surface area (Å²) in [6.45, 7) is 2.82. The molecule has 1 aromatic carbocycles. The van der Waals surface area contributed by atoms with Crippen LogP contribution in [-0.4, -0.2) is 37.5 Å². The molecule has 3 nitrogen and oxygen atoms in total. The minimum absolute atomic E-state index is 0.122. The van der Waals surface area contributed by atoms with Crippen LogP contribution in [0.4, 0.5) is 4.39 Å². The molecule has 1 aliphatic heterocycles. The van der Waals surface area contributed by atoms with Gasteiger partial charge in [0.1, 0.15) is 5.82 Å². The molecule has 1 aliphatic carbocycles. The number of benzene rings is 1. The standard InChI is InChI=1S/C17H23FN2O/c1-19-11-12-6-8-20(9-7-12)17(21)16-10-15(16)13-2-4-14(18)5-3-13/h2-5,12,15-16,19H,6-11H2,1H3. The van der Waals surface area contributed by atoms with Crippen LogP contribution < -0.4 is 5.32 Å². The van der Waals surface area contributed by atoms with Gasteiger partial charge in [0, 0.05) is 19.0 Å². The van der Waals surface area contributed by atoms with E-state index in [1.165, 1.54) is 12.1 Å². The van der Waals surface area contributed by atoms with Crippen LogP contribution >= 0.6 is 0 Å². The van der Waals surface area contributed by atoms with E-state index in [0.717, 1.165) is 44.5 Å². The molecule has 21 heavy (non-hydrogen) atoms. The lowest BCUT2D eigenvalue weighted by Gasteiger charge is -2.32. The Morgan fingerprint density at radius 3 is 2.57 bits per heavy atom. The van der Waals surface area contributed by atoms with Crippen LogP contribution in [0.15, 0.2) is 24.3 Å². The fraction of sp³-hybridized carbons (Fsp3) is 0.588. The molecule has 3 rings (SSSR count). The number of likely N-dealkylation sites (tertiary alicyclic amines) is 1. The maximum absolute atomic E-state index is 12.9. The first-order chi connectivity index (χ1) is 10.2. The van der Waals surface area contributed by atoms with Crippen LogP contribution in [0.5, 0.6) is 0 Å². The fourth-order valence-electron chi connectivity index (χ4n) is 3.43. The third-order valence-electron chi connectivity index (χ3n) is 4.82. The number of carbonyl (C=O) groups excluding carboxylic acids is 1. The van der Waals surface area contributed by atoms with Gasteiger partial charge >= 0.3 is 0 Å². The topological polar surface area (TPSA) is 32.3 Å². The molecule has 0 aromatic heterocycles. The third kappa shape index (κ3) is 3.26. The minimum Gasteiger partial charge on any atom is -0.342 e. The van der Waals surface area contributed by atoms with Gasteiger partial charge in [-0.05, 0) is 62.4 Å². The lowest BCUT2D eigenvalue weighted by molar-refractivity contribution is -0.134. The maximum Gasteiger partial charge on any atom is 0.226 e. The summed E-state index contributed by atoms with van der Waals surface area (Å²) >= 11 is 0. The number of hydrogen-bond donors (Lipinski definition) is 1. The molecule has 2 fully saturated rings. The molecule has 1 aromatic rings. The Morgan fingerprint density at radius 1 is 1.29 bits per heavy atom.